The summed E-state index contributed by atoms with van der Waals surface area (Å²) in [7, 11) is 0. The second-order valence-corrected chi connectivity index (χ2v) is 8.99. The van der Waals surface area contributed by atoms with E-state index in [1.807, 2.05) is 98.0 Å². The zero-order valence-electron chi connectivity index (χ0n) is 19.6. The first-order valence-corrected chi connectivity index (χ1v) is 11.8. The van der Waals surface area contributed by atoms with E-state index in [1.165, 1.54) is 0 Å². The number of hydrogen-bond acceptors (Lipinski definition) is 4. The first-order valence-electron chi connectivity index (χ1n) is 11.8. The van der Waals surface area contributed by atoms with E-state index in [2.05, 4.69) is 15.6 Å². The molecule has 6 heteroatoms. The Kier molecular flexibility index (Phi) is 6.40. The molecule has 0 unspecified atom stereocenters. The number of nitrogens with one attached hydrogen (secondary N) is 3. The highest BCUT2D eigenvalue weighted by molar-refractivity contribution is 5.89. The number of aromatic amines is 1. The van der Waals surface area contributed by atoms with E-state index in [1.54, 1.807) is 0 Å². The van der Waals surface area contributed by atoms with Gasteiger partial charge in [-0.2, -0.15) is 0 Å². The molecular formula is C29H29N3O3. The number of carbonyl (C=O) groups excluding carboxylic acids is 1. The van der Waals surface area contributed by atoms with Gasteiger partial charge in [0.05, 0.1) is 19.2 Å². The quantitative estimate of drug-likeness (QED) is 0.249. The number of rotatable bonds is 9. The molecule has 4 N–H and O–H groups in total. The lowest BCUT2D eigenvalue weighted by Crippen LogP contribution is -2.61. The van der Waals surface area contributed by atoms with Crippen LogP contribution in [0, 0.1) is 0 Å². The molecule has 5 rings (SSSR count). The number of aliphatic hydroxyl groups is 1. The molecule has 5 aromatic rings. The average molecular weight is 468 g/mol. The normalized spacial score (nSPS) is 14.1. The minimum Gasteiger partial charge on any atom is -0.460 e. The molecule has 0 bridgehead atoms. The van der Waals surface area contributed by atoms with Gasteiger partial charge in [0.1, 0.15) is 16.9 Å². The first kappa shape index (κ1) is 22.9. The molecule has 0 fully saturated rings. The third-order valence-electron chi connectivity index (χ3n) is 6.60. The van der Waals surface area contributed by atoms with Crippen molar-refractivity contribution in [2.45, 2.75) is 31.5 Å². The molecule has 178 valence electrons. The van der Waals surface area contributed by atoms with E-state index in [9.17, 15) is 9.90 Å². The highest BCUT2D eigenvalue weighted by atomic mass is 16.3. The van der Waals surface area contributed by atoms with Gasteiger partial charge in [-0.05, 0) is 36.2 Å². The molecule has 2 heterocycles. The lowest BCUT2D eigenvalue weighted by atomic mass is 9.89. The van der Waals surface area contributed by atoms with Crippen LogP contribution in [0.15, 0.2) is 95.5 Å². The molecular weight excluding hydrogens is 438 g/mol. The molecule has 35 heavy (non-hydrogen) atoms. The van der Waals surface area contributed by atoms with Crippen molar-refractivity contribution in [3.8, 4) is 0 Å². The van der Waals surface area contributed by atoms with Gasteiger partial charge in [-0.3, -0.25) is 10.1 Å². The summed E-state index contributed by atoms with van der Waals surface area (Å²) in [6, 6.07) is 27.3. The molecule has 0 aliphatic carbocycles. The second-order valence-electron chi connectivity index (χ2n) is 8.99. The molecule has 2 aromatic heterocycles. The summed E-state index contributed by atoms with van der Waals surface area (Å²) < 4.78 is 5.96. The van der Waals surface area contributed by atoms with E-state index in [-0.39, 0.29) is 18.6 Å². The fraction of sp³-hybridized carbons (Fsp3) is 0.207. The Bertz CT molecular complexity index is 1410. The van der Waals surface area contributed by atoms with E-state index in [4.69, 9.17) is 4.42 Å². The summed E-state index contributed by atoms with van der Waals surface area (Å²) in [4.78, 5) is 17.0. The number of aliphatic hydroxyl groups excluding tert-OH is 1. The fourth-order valence-electron chi connectivity index (χ4n) is 4.55. The molecule has 0 aliphatic heterocycles. The number of amides is 1. The van der Waals surface area contributed by atoms with Gasteiger partial charge >= 0.3 is 0 Å². The van der Waals surface area contributed by atoms with Crippen LogP contribution in [0.5, 0.6) is 0 Å². The zero-order valence-corrected chi connectivity index (χ0v) is 19.6. The van der Waals surface area contributed by atoms with E-state index < -0.39 is 5.54 Å². The largest absolute Gasteiger partial charge is 0.460 e. The van der Waals surface area contributed by atoms with Gasteiger partial charge < -0.3 is 19.8 Å². The summed E-state index contributed by atoms with van der Waals surface area (Å²) in [5.41, 5.74) is 2.47. The van der Waals surface area contributed by atoms with Crippen LogP contribution < -0.4 is 10.6 Å². The van der Waals surface area contributed by atoms with Crippen LogP contribution in [-0.2, 0) is 17.8 Å². The van der Waals surface area contributed by atoms with Gasteiger partial charge in [-0.1, -0.05) is 66.7 Å². The van der Waals surface area contributed by atoms with Crippen LogP contribution in [0.3, 0.4) is 0 Å². The molecule has 6 nitrogen and oxygen atoms in total. The van der Waals surface area contributed by atoms with Crippen LogP contribution in [0.1, 0.15) is 29.9 Å². The van der Waals surface area contributed by atoms with Crippen molar-refractivity contribution < 1.29 is 14.3 Å². The number of furan rings is 1. The van der Waals surface area contributed by atoms with Crippen molar-refractivity contribution in [3.05, 3.63) is 108 Å². The van der Waals surface area contributed by atoms with Gasteiger partial charge in [0, 0.05) is 28.9 Å². The Labute approximate surface area is 204 Å². The molecule has 1 amide bonds. The second kappa shape index (κ2) is 9.78. The van der Waals surface area contributed by atoms with E-state index >= 15 is 0 Å². The minimum absolute atomic E-state index is 0.217. The number of fused-ring (bicyclic) bond motifs is 2. The fourth-order valence-corrected chi connectivity index (χ4v) is 4.55. The Morgan fingerprint density at radius 1 is 1.03 bits per heavy atom. The smallest absolute Gasteiger partial charge is 0.243 e. The summed E-state index contributed by atoms with van der Waals surface area (Å²) in [6.07, 6.45) is 2.22. The molecule has 3 aromatic carbocycles. The van der Waals surface area contributed by atoms with Crippen LogP contribution >= 0.6 is 0 Å². The Balaban J connectivity index is 1.45. The highest BCUT2D eigenvalue weighted by Crippen LogP contribution is 2.25. The van der Waals surface area contributed by atoms with Gasteiger partial charge in [0.25, 0.3) is 0 Å². The predicted molar refractivity (Wildman–Crippen MR) is 138 cm³/mol. The lowest BCUT2D eigenvalue weighted by Gasteiger charge is -2.33. The standard InChI is InChI=1S/C29H29N3O3/c1-20(21-9-3-2-4-10-21)32-28(34)29(19-33,16-23-17-30-26-13-7-6-12-25(23)26)31-18-24-15-22-11-5-8-14-27(22)35-24/h2-15,17,20,30-31,33H,16,18-19H2,1H3,(H,32,34)/t20-,29-/m0/s1. The summed E-state index contributed by atoms with van der Waals surface area (Å²) in [5, 5.41) is 19.1. The van der Waals surface area contributed by atoms with Gasteiger partial charge in [0.2, 0.25) is 5.91 Å². The number of aromatic nitrogens is 1. The zero-order chi connectivity index (χ0) is 24.3. The summed E-state index contributed by atoms with van der Waals surface area (Å²) >= 11 is 0. The van der Waals surface area contributed by atoms with Crippen molar-refractivity contribution in [2.24, 2.45) is 0 Å². The monoisotopic (exact) mass is 467 g/mol. The van der Waals surface area contributed by atoms with Crippen LogP contribution in [0.2, 0.25) is 0 Å². The maximum atomic E-state index is 13.8. The van der Waals surface area contributed by atoms with Crippen molar-refractivity contribution in [3.63, 3.8) is 0 Å². The van der Waals surface area contributed by atoms with Crippen LogP contribution in [0.25, 0.3) is 21.9 Å². The van der Waals surface area contributed by atoms with Crippen molar-refractivity contribution in [1.82, 2.24) is 15.6 Å². The number of carbonyl (C=O) groups is 1. The van der Waals surface area contributed by atoms with E-state index in [0.29, 0.717) is 18.7 Å². The number of para-hydroxylation sites is 2. The van der Waals surface area contributed by atoms with Crippen molar-refractivity contribution in [2.75, 3.05) is 6.61 Å². The SMILES string of the molecule is C[C@H](NC(=O)[C@@](CO)(Cc1c[nH]c2ccccc12)NCc1cc2ccccc2o1)c1ccccc1. The first-order chi connectivity index (χ1) is 17.1. The predicted octanol–water partition coefficient (Wildman–Crippen LogP) is 4.85. The molecule has 2 atom stereocenters. The van der Waals surface area contributed by atoms with Crippen molar-refractivity contribution in [1.29, 1.82) is 0 Å². The summed E-state index contributed by atoms with van der Waals surface area (Å²) in [5.74, 6) is 0.435. The molecule has 0 aliphatic rings. The third-order valence-corrected chi connectivity index (χ3v) is 6.60. The molecule has 0 radical (unpaired) electrons. The topological polar surface area (TPSA) is 90.3 Å². The van der Waals surface area contributed by atoms with Gasteiger partial charge in [-0.25, -0.2) is 0 Å². The Morgan fingerprint density at radius 3 is 2.57 bits per heavy atom. The lowest BCUT2D eigenvalue weighted by molar-refractivity contribution is -0.130. The Morgan fingerprint density at radius 2 is 1.77 bits per heavy atom. The van der Waals surface area contributed by atoms with Crippen LogP contribution in [0.4, 0.5) is 0 Å². The minimum atomic E-state index is -1.26. The van der Waals surface area contributed by atoms with Gasteiger partial charge in [0.15, 0.2) is 0 Å². The number of benzene rings is 3. The van der Waals surface area contributed by atoms with E-state index in [0.717, 1.165) is 33.0 Å². The maximum absolute atomic E-state index is 13.8. The van der Waals surface area contributed by atoms with Crippen LogP contribution in [-0.4, -0.2) is 28.1 Å². The van der Waals surface area contributed by atoms with Gasteiger partial charge in [-0.15, -0.1) is 0 Å². The highest BCUT2D eigenvalue weighted by Gasteiger charge is 2.39. The average Bonchev–Trinajstić information content (AvgIpc) is 3.50. The Hall–Kier alpha value is -3.87. The number of hydrogen-bond donors (Lipinski definition) is 4. The molecule has 0 saturated carbocycles. The molecule has 0 saturated heterocycles. The number of H-pyrrole nitrogens is 1. The van der Waals surface area contributed by atoms with Crippen molar-refractivity contribution >= 4 is 27.8 Å². The third kappa shape index (κ3) is 4.71. The maximum Gasteiger partial charge on any atom is 0.243 e. The molecule has 0 spiro atoms. The summed E-state index contributed by atoms with van der Waals surface area (Å²) in [6.45, 7) is 1.87.